The molecule has 0 aliphatic rings. The molecule has 1 aromatic heterocycles. The Kier molecular flexibility index (Phi) is 4.32. The third-order valence-corrected chi connectivity index (χ3v) is 3.31. The van der Waals surface area contributed by atoms with Gasteiger partial charge in [-0.05, 0) is 43.3 Å². The van der Waals surface area contributed by atoms with Crippen molar-refractivity contribution in [1.82, 2.24) is 9.88 Å². The van der Waals surface area contributed by atoms with E-state index in [4.69, 9.17) is 0 Å². The second-order valence-corrected chi connectivity index (χ2v) is 5.35. The zero-order valence-electron chi connectivity index (χ0n) is 10.9. The summed E-state index contributed by atoms with van der Waals surface area (Å²) in [6.45, 7) is 2.45. The minimum Gasteiger partial charge on any atom is -0.336 e. The molecule has 0 bridgehead atoms. The summed E-state index contributed by atoms with van der Waals surface area (Å²) in [7, 11) is 1.79. The lowest BCUT2D eigenvalue weighted by molar-refractivity contribution is 0.0783. The molecule has 0 fully saturated rings. The number of hydrogen-bond donors (Lipinski definition) is 0. The Morgan fingerprint density at radius 2 is 1.89 bits per heavy atom. The summed E-state index contributed by atoms with van der Waals surface area (Å²) < 4.78 is 0.965. The predicted octanol–water partition coefficient (Wildman–Crippen LogP) is 3.42. The van der Waals surface area contributed by atoms with Crippen LogP contribution in [0.1, 0.15) is 21.7 Å². The third kappa shape index (κ3) is 3.64. The van der Waals surface area contributed by atoms with Crippen molar-refractivity contribution in [3.63, 3.8) is 0 Å². The molecule has 0 atom stereocenters. The Morgan fingerprint density at radius 3 is 2.53 bits per heavy atom. The molecule has 0 aliphatic carbocycles. The van der Waals surface area contributed by atoms with E-state index in [1.807, 2.05) is 49.4 Å². The first-order valence-electron chi connectivity index (χ1n) is 6.00. The number of aryl methyl sites for hydroxylation is 1. The van der Waals surface area contributed by atoms with Crippen LogP contribution in [-0.4, -0.2) is 22.8 Å². The molecule has 1 heterocycles. The molecule has 2 aromatic rings. The van der Waals surface area contributed by atoms with Gasteiger partial charge in [-0.1, -0.05) is 22.0 Å². The first-order chi connectivity index (χ1) is 9.06. The van der Waals surface area contributed by atoms with Crippen LogP contribution in [0.15, 0.2) is 46.9 Å². The van der Waals surface area contributed by atoms with Crippen molar-refractivity contribution in [1.29, 1.82) is 0 Å². The summed E-state index contributed by atoms with van der Waals surface area (Å²) in [5.41, 5.74) is 2.54. The number of benzene rings is 1. The molecule has 3 nitrogen and oxygen atoms in total. The van der Waals surface area contributed by atoms with Crippen LogP contribution in [0.5, 0.6) is 0 Å². The van der Waals surface area contributed by atoms with Crippen molar-refractivity contribution in [2.24, 2.45) is 0 Å². The van der Waals surface area contributed by atoms with Gasteiger partial charge in [-0.2, -0.15) is 0 Å². The van der Waals surface area contributed by atoms with Crippen LogP contribution in [-0.2, 0) is 6.54 Å². The Morgan fingerprint density at radius 1 is 1.21 bits per heavy atom. The van der Waals surface area contributed by atoms with Gasteiger partial charge >= 0.3 is 0 Å². The SMILES string of the molecule is Cc1cccc(CN(C)C(=O)c2ccc(Br)cc2)n1. The third-order valence-electron chi connectivity index (χ3n) is 2.78. The van der Waals surface area contributed by atoms with Crippen molar-refractivity contribution in [3.8, 4) is 0 Å². The summed E-state index contributed by atoms with van der Waals surface area (Å²) in [6.07, 6.45) is 0. The molecule has 0 unspecified atom stereocenters. The van der Waals surface area contributed by atoms with Crippen molar-refractivity contribution in [2.45, 2.75) is 13.5 Å². The molecule has 0 radical (unpaired) electrons. The first-order valence-corrected chi connectivity index (χ1v) is 6.79. The summed E-state index contributed by atoms with van der Waals surface area (Å²) >= 11 is 3.36. The molecular weight excluding hydrogens is 304 g/mol. The van der Waals surface area contributed by atoms with E-state index in [0.29, 0.717) is 12.1 Å². The first kappa shape index (κ1) is 13.7. The number of carbonyl (C=O) groups excluding carboxylic acids is 1. The van der Waals surface area contributed by atoms with Gasteiger partial charge in [-0.3, -0.25) is 9.78 Å². The quantitative estimate of drug-likeness (QED) is 0.868. The molecule has 19 heavy (non-hydrogen) atoms. The second-order valence-electron chi connectivity index (χ2n) is 4.44. The molecule has 2 rings (SSSR count). The molecule has 0 spiro atoms. The second kappa shape index (κ2) is 5.97. The number of amides is 1. The summed E-state index contributed by atoms with van der Waals surface area (Å²) in [4.78, 5) is 18.3. The number of nitrogens with zero attached hydrogens (tertiary/aromatic N) is 2. The van der Waals surface area contributed by atoms with E-state index < -0.39 is 0 Å². The summed E-state index contributed by atoms with van der Waals surface area (Å²) in [5.74, 6) is -0.00388. The average Bonchev–Trinajstić information content (AvgIpc) is 2.39. The molecule has 1 aromatic carbocycles. The van der Waals surface area contributed by atoms with Crippen LogP contribution in [0.4, 0.5) is 0 Å². The lowest BCUT2D eigenvalue weighted by atomic mass is 10.2. The van der Waals surface area contributed by atoms with Crippen molar-refractivity contribution in [3.05, 3.63) is 63.9 Å². The van der Waals surface area contributed by atoms with Gasteiger partial charge in [0.25, 0.3) is 5.91 Å². The van der Waals surface area contributed by atoms with E-state index in [0.717, 1.165) is 15.9 Å². The van der Waals surface area contributed by atoms with Crippen LogP contribution in [0.3, 0.4) is 0 Å². The minimum absolute atomic E-state index is 0.00388. The monoisotopic (exact) mass is 318 g/mol. The van der Waals surface area contributed by atoms with Gasteiger partial charge in [0.2, 0.25) is 0 Å². The fraction of sp³-hybridized carbons (Fsp3) is 0.200. The van der Waals surface area contributed by atoms with Crippen LogP contribution in [0.25, 0.3) is 0 Å². The highest BCUT2D eigenvalue weighted by atomic mass is 79.9. The highest BCUT2D eigenvalue weighted by Gasteiger charge is 2.12. The number of rotatable bonds is 3. The summed E-state index contributed by atoms with van der Waals surface area (Å²) in [6, 6.07) is 13.2. The van der Waals surface area contributed by atoms with E-state index in [-0.39, 0.29) is 5.91 Å². The maximum Gasteiger partial charge on any atom is 0.253 e. The van der Waals surface area contributed by atoms with E-state index in [2.05, 4.69) is 20.9 Å². The number of halogens is 1. The normalized spacial score (nSPS) is 10.3. The standard InChI is InChI=1S/C15H15BrN2O/c1-11-4-3-5-14(17-11)10-18(2)15(19)12-6-8-13(16)9-7-12/h3-9H,10H2,1-2H3. The van der Waals surface area contributed by atoms with Gasteiger partial charge in [0.15, 0.2) is 0 Å². The van der Waals surface area contributed by atoms with Gasteiger partial charge in [-0.25, -0.2) is 0 Å². The van der Waals surface area contributed by atoms with Gasteiger partial charge in [0.05, 0.1) is 12.2 Å². The topological polar surface area (TPSA) is 33.2 Å². The van der Waals surface area contributed by atoms with Gasteiger partial charge in [-0.15, -0.1) is 0 Å². The largest absolute Gasteiger partial charge is 0.336 e. The van der Waals surface area contributed by atoms with Gasteiger partial charge in [0, 0.05) is 22.8 Å². The Hall–Kier alpha value is -1.68. The van der Waals surface area contributed by atoms with Crippen LogP contribution >= 0.6 is 15.9 Å². The molecular formula is C15H15BrN2O. The van der Waals surface area contributed by atoms with E-state index in [1.54, 1.807) is 11.9 Å². The molecule has 0 aliphatic heterocycles. The van der Waals surface area contributed by atoms with Crippen LogP contribution < -0.4 is 0 Å². The number of carbonyl (C=O) groups is 1. The number of aromatic nitrogens is 1. The minimum atomic E-state index is -0.00388. The fourth-order valence-corrected chi connectivity index (χ4v) is 2.08. The van der Waals surface area contributed by atoms with E-state index in [1.165, 1.54) is 0 Å². The molecule has 4 heteroatoms. The maximum atomic E-state index is 12.2. The lowest BCUT2D eigenvalue weighted by Gasteiger charge is -2.17. The molecule has 98 valence electrons. The highest BCUT2D eigenvalue weighted by molar-refractivity contribution is 9.10. The van der Waals surface area contributed by atoms with Crippen molar-refractivity contribution < 1.29 is 4.79 Å². The smallest absolute Gasteiger partial charge is 0.253 e. The average molecular weight is 319 g/mol. The van der Waals surface area contributed by atoms with E-state index >= 15 is 0 Å². The molecule has 0 saturated heterocycles. The van der Waals surface area contributed by atoms with Crippen LogP contribution in [0.2, 0.25) is 0 Å². The number of pyridine rings is 1. The van der Waals surface area contributed by atoms with Gasteiger partial charge < -0.3 is 4.90 Å². The highest BCUT2D eigenvalue weighted by Crippen LogP contribution is 2.13. The summed E-state index contributed by atoms with van der Waals surface area (Å²) in [5, 5.41) is 0. The molecule has 0 saturated carbocycles. The van der Waals surface area contributed by atoms with E-state index in [9.17, 15) is 4.79 Å². The Labute approximate surface area is 121 Å². The number of hydrogen-bond acceptors (Lipinski definition) is 2. The maximum absolute atomic E-state index is 12.2. The Bertz CT molecular complexity index is 581. The molecule has 0 N–H and O–H groups in total. The predicted molar refractivity (Wildman–Crippen MR) is 78.9 cm³/mol. The van der Waals surface area contributed by atoms with Crippen molar-refractivity contribution in [2.75, 3.05) is 7.05 Å². The van der Waals surface area contributed by atoms with Crippen LogP contribution in [0, 0.1) is 6.92 Å². The lowest BCUT2D eigenvalue weighted by Crippen LogP contribution is -2.26. The zero-order chi connectivity index (χ0) is 13.8. The fourth-order valence-electron chi connectivity index (χ4n) is 1.82. The zero-order valence-corrected chi connectivity index (χ0v) is 12.5. The van der Waals surface area contributed by atoms with Gasteiger partial charge in [0.1, 0.15) is 0 Å². The Balaban J connectivity index is 2.09. The van der Waals surface area contributed by atoms with Crippen molar-refractivity contribution >= 4 is 21.8 Å². The molecule has 1 amide bonds.